The highest BCUT2D eigenvalue weighted by atomic mass is 16.5. The third-order valence-corrected chi connectivity index (χ3v) is 3.57. The quantitative estimate of drug-likeness (QED) is 0.894. The number of pyridine rings is 1. The molecule has 1 saturated heterocycles. The summed E-state index contributed by atoms with van der Waals surface area (Å²) in [4.78, 5) is 18.7. The van der Waals surface area contributed by atoms with E-state index in [1.165, 1.54) is 0 Å². The summed E-state index contributed by atoms with van der Waals surface area (Å²) in [5.41, 5.74) is 0.703. The minimum Gasteiger partial charge on any atom is -0.384 e. The molecule has 1 unspecified atom stereocenters. The molecule has 1 atom stereocenters. The summed E-state index contributed by atoms with van der Waals surface area (Å²) in [7, 11) is 1.71. The number of likely N-dealkylation sites (tertiary alicyclic amines) is 1. The molecule has 20 heavy (non-hydrogen) atoms. The molecular formula is C15H23N3O2. The van der Waals surface area contributed by atoms with Crippen LogP contribution in [0.1, 0.15) is 30.1 Å². The van der Waals surface area contributed by atoms with Crippen molar-refractivity contribution in [2.45, 2.75) is 19.8 Å². The second-order valence-corrected chi connectivity index (χ2v) is 5.17. The molecule has 1 N–H and O–H groups in total. The van der Waals surface area contributed by atoms with Crippen molar-refractivity contribution < 1.29 is 9.53 Å². The van der Waals surface area contributed by atoms with Gasteiger partial charge in [0.25, 0.3) is 5.91 Å². The molecule has 110 valence electrons. The van der Waals surface area contributed by atoms with Crippen LogP contribution in [0.2, 0.25) is 0 Å². The van der Waals surface area contributed by atoms with E-state index in [-0.39, 0.29) is 5.91 Å². The van der Waals surface area contributed by atoms with E-state index in [4.69, 9.17) is 4.74 Å². The van der Waals surface area contributed by atoms with Crippen LogP contribution in [0.4, 0.5) is 5.82 Å². The summed E-state index contributed by atoms with van der Waals surface area (Å²) in [5.74, 6) is 1.30. The summed E-state index contributed by atoms with van der Waals surface area (Å²) in [6, 6.07) is 3.61. The molecule has 5 nitrogen and oxygen atoms in total. The summed E-state index contributed by atoms with van der Waals surface area (Å²) in [5, 5.41) is 3.13. The number of anilines is 1. The molecule has 0 bridgehead atoms. The maximum atomic E-state index is 12.5. The third-order valence-electron chi connectivity index (χ3n) is 3.57. The highest BCUT2D eigenvalue weighted by Crippen LogP contribution is 2.19. The largest absolute Gasteiger partial charge is 0.384 e. The van der Waals surface area contributed by atoms with Crippen molar-refractivity contribution in [3.63, 3.8) is 0 Å². The lowest BCUT2D eigenvalue weighted by molar-refractivity contribution is 0.0571. The van der Waals surface area contributed by atoms with Crippen molar-refractivity contribution in [1.29, 1.82) is 0 Å². The van der Waals surface area contributed by atoms with Gasteiger partial charge in [-0.05, 0) is 37.8 Å². The number of piperidine rings is 1. The van der Waals surface area contributed by atoms with Gasteiger partial charge >= 0.3 is 0 Å². The van der Waals surface area contributed by atoms with Gasteiger partial charge in [-0.1, -0.05) is 0 Å². The van der Waals surface area contributed by atoms with E-state index in [0.717, 1.165) is 44.9 Å². The van der Waals surface area contributed by atoms with Crippen LogP contribution in [-0.2, 0) is 4.74 Å². The Bertz CT molecular complexity index is 448. The van der Waals surface area contributed by atoms with Crippen molar-refractivity contribution in [3.05, 3.63) is 23.9 Å². The number of nitrogens with one attached hydrogen (secondary N) is 1. The van der Waals surface area contributed by atoms with Gasteiger partial charge in [0.15, 0.2) is 0 Å². The monoisotopic (exact) mass is 277 g/mol. The predicted molar refractivity (Wildman–Crippen MR) is 78.9 cm³/mol. The number of nitrogens with zero attached hydrogens (tertiary/aromatic N) is 2. The number of methoxy groups -OCH3 is 1. The fourth-order valence-electron chi connectivity index (χ4n) is 2.65. The molecule has 5 heteroatoms. The van der Waals surface area contributed by atoms with E-state index in [1.807, 2.05) is 17.9 Å². The number of hydrogen-bond donors (Lipinski definition) is 1. The first-order valence-corrected chi connectivity index (χ1v) is 7.22. The first-order chi connectivity index (χ1) is 9.74. The zero-order chi connectivity index (χ0) is 14.4. The standard InChI is InChI=1S/C15H23N3O2/c1-3-16-14-9-13(6-7-17-14)15(19)18-8-4-5-12(10-18)11-20-2/h6-7,9,12H,3-5,8,10-11H2,1-2H3,(H,16,17). The van der Waals surface area contributed by atoms with Gasteiger partial charge in [-0.3, -0.25) is 4.79 Å². The number of hydrogen-bond acceptors (Lipinski definition) is 4. The first kappa shape index (κ1) is 14.8. The van der Waals surface area contributed by atoms with Gasteiger partial charge in [0.05, 0.1) is 6.61 Å². The van der Waals surface area contributed by atoms with Crippen LogP contribution in [-0.4, -0.2) is 49.1 Å². The average Bonchev–Trinajstić information content (AvgIpc) is 2.48. The maximum absolute atomic E-state index is 12.5. The van der Waals surface area contributed by atoms with E-state index in [1.54, 1.807) is 19.4 Å². The molecule has 1 fully saturated rings. The Balaban J connectivity index is 2.04. The second-order valence-electron chi connectivity index (χ2n) is 5.17. The Morgan fingerprint density at radius 1 is 1.60 bits per heavy atom. The SMILES string of the molecule is CCNc1cc(C(=O)N2CCCC(COC)C2)ccn1. The zero-order valence-electron chi connectivity index (χ0n) is 12.3. The van der Waals surface area contributed by atoms with Crippen molar-refractivity contribution in [3.8, 4) is 0 Å². The summed E-state index contributed by atoms with van der Waals surface area (Å²) in [6.45, 7) is 5.15. The Hall–Kier alpha value is -1.62. The Kier molecular flexibility index (Phi) is 5.35. The maximum Gasteiger partial charge on any atom is 0.254 e. The van der Waals surface area contributed by atoms with Crippen LogP contribution in [0.15, 0.2) is 18.3 Å². The molecule has 1 aliphatic rings. The Morgan fingerprint density at radius 3 is 3.20 bits per heavy atom. The average molecular weight is 277 g/mol. The molecule has 0 aliphatic carbocycles. The molecule has 2 heterocycles. The van der Waals surface area contributed by atoms with Crippen LogP contribution in [0, 0.1) is 5.92 Å². The molecule has 0 spiro atoms. The van der Waals surface area contributed by atoms with Gasteiger partial charge < -0.3 is 15.0 Å². The highest BCUT2D eigenvalue weighted by molar-refractivity contribution is 5.94. The lowest BCUT2D eigenvalue weighted by Gasteiger charge is -2.32. The number of ether oxygens (including phenoxy) is 1. The topological polar surface area (TPSA) is 54.5 Å². The fourth-order valence-corrected chi connectivity index (χ4v) is 2.65. The van der Waals surface area contributed by atoms with Gasteiger partial charge in [-0.25, -0.2) is 4.98 Å². The molecule has 2 rings (SSSR count). The predicted octanol–water partition coefficient (Wildman–Crippen LogP) is 2.01. The van der Waals surface area contributed by atoms with E-state index in [9.17, 15) is 4.79 Å². The summed E-state index contributed by atoms with van der Waals surface area (Å²) in [6.07, 6.45) is 3.86. The van der Waals surface area contributed by atoms with Crippen LogP contribution in [0.3, 0.4) is 0 Å². The van der Waals surface area contributed by atoms with Crippen LogP contribution in [0.25, 0.3) is 0 Å². The van der Waals surface area contributed by atoms with E-state index >= 15 is 0 Å². The summed E-state index contributed by atoms with van der Waals surface area (Å²) < 4.78 is 5.21. The lowest BCUT2D eigenvalue weighted by Crippen LogP contribution is -2.41. The zero-order valence-corrected chi connectivity index (χ0v) is 12.3. The van der Waals surface area contributed by atoms with Gasteiger partial charge in [0.2, 0.25) is 0 Å². The van der Waals surface area contributed by atoms with Gasteiger partial charge in [-0.15, -0.1) is 0 Å². The van der Waals surface area contributed by atoms with Crippen LogP contribution < -0.4 is 5.32 Å². The minimum atomic E-state index is 0.0901. The lowest BCUT2D eigenvalue weighted by atomic mass is 9.98. The summed E-state index contributed by atoms with van der Waals surface area (Å²) >= 11 is 0. The van der Waals surface area contributed by atoms with E-state index < -0.39 is 0 Å². The number of aromatic nitrogens is 1. The van der Waals surface area contributed by atoms with Crippen molar-refractivity contribution in [2.75, 3.05) is 38.7 Å². The Labute approximate surface area is 120 Å². The van der Waals surface area contributed by atoms with Gasteiger partial charge in [0, 0.05) is 38.5 Å². The van der Waals surface area contributed by atoms with Crippen molar-refractivity contribution >= 4 is 11.7 Å². The minimum absolute atomic E-state index is 0.0901. The Morgan fingerprint density at radius 2 is 2.45 bits per heavy atom. The molecule has 0 saturated carbocycles. The molecular weight excluding hydrogens is 254 g/mol. The molecule has 1 amide bonds. The number of carbonyl (C=O) groups is 1. The van der Waals surface area contributed by atoms with Crippen LogP contribution >= 0.6 is 0 Å². The first-order valence-electron chi connectivity index (χ1n) is 7.22. The fraction of sp³-hybridized carbons (Fsp3) is 0.600. The highest BCUT2D eigenvalue weighted by Gasteiger charge is 2.24. The normalized spacial score (nSPS) is 18.9. The third kappa shape index (κ3) is 3.70. The van der Waals surface area contributed by atoms with Crippen molar-refractivity contribution in [2.24, 2.45) is 5.92 Å². The second kappa shape index (κ2) is 7.24. The van der Waals surface area contributed by atoms with E-state index in [0.29, 0.717) is 11.5 Å². The van der Waals surface area contributed by atoms with Crippen LogP contribution in [0.5, 0.6) is 0 Å². The molecule has 1 aromatic heterocycles. The smallest absolute Gasteiger partial charge is 0.254 e. The molecule has 1 aromatic rings. The number of rotatable bonds is 5. The van der Waals surface area contributed by atoms with E-state index in [2.05, 4.69) is 10.3 Å². The molecule has 0 aromatic carbocycles. The van der Waals surface area contributed by atoms with Crippen molar-refractivity contribution in [1.82, 2.24) is 9.88 Å². The van der Waals surface area contributed by atoms with Gasteiger partial charge in [-0.2, -0.15) is 0 Å². The molecule has 1 aliphatic heterocycles. The number of carbonyl (C=O) groups excluding carboxylic acids is 1. The molecule has 0 radical (unpaired) electrons. The van der Waals surface area contributed by atoms with Gasteiger partial charge in [0.1, 0.15) is 5.82 Å². The number of amides is 1.